The summed E-state index contributed by atoms with van der Waals surface area (Å²) in [7, 11) is 5.52. The van der Waals surface area contributed by atoms with E-state index in [4.69, 9.17) is 7.85 Å². The second-order valence-corrected chi connectivity index (χ2v) is 3.67. The van der Waals surface area contributed by atoms with Crippen LogP contribution in [0.5, 0.6) is 0 Å². The van der Waals surface area contributed by atoms with Crippen molar-refractivity contribution in [3.63, 3.8) is 0 Å². The number of nitrogens with zero attached hydrogens (tertiary/aromatic N) is 2. The van der Waals surface area contributed by atoms with E-state index < -0.39 is 5.60 Å². The van der Waals surface area contributed by atoms with E-state index >= 15 is 0 Å². The van der Waals surface area contributed by atoms with Crippen molar-refractivity contribution >= 4 is 13.3 Å². The first-order valence-electron chi connectivity index (χ1n) is 4.11. The molecule has 1 aliphatic rings. The molecule has 12 heavy (non-hydrogen) atoms. The van der Waals surface area contributed by atoms with Crippen LogP contribution in [0, 0.1) is 0 Å². The average molecular weight is 162 g/mol. The van der Waals surface area contributed by atoms with E-state index in [-0.39, 0.29) is 6.04 Å². The highest BCUT2D eigenvalue weighted by Gasteiger charge is 2.42. The summed E-state index contributed by atoms with van der Waals surface area (Å²) in [4.78, 5) is 0. The molecule has 1 fully saturated rings. The van der Waals surface area contributed by atoms with Crippen molar-refractivity contribution in [2.75, 3.05) is 0 Å². The van der Waals surface area contributed by atoms with E-state index in [1.165, 1.54) is 0 Å². The van der Waals surface area contributed by atoms with Gasteiger partial charge in [0.15, 0.2) is 0 Å². The van der Waals surface area contributed by atoms with Gasteiger partial charge in [0, 0.05) is 12.4 Å². The molecule has 1 N–H and O–H groups in total. The molecule has 62 valence electrons. The first kappa shape index (κ1) is 7.86. The molecular weight excluding hydrogens is 151 g/mol. The molecule has 0 amide bonds. The lowest BCUT2D eigenvalue weighted by Crippen LogP contribution is -2.45. The van der Waals surface area contributed by atoms with Crippen molar-refractivity contribution < 1.29 is 5.11 Å². The Labute approximate surface area is 72.8 Å². The minimum absolute atomic E-state index is 0.106. The van der Waals surface area contributed by atoms with Gasteiger partial charge in [-0.3, -0.25) is 4.68 Å². The third-order valence-electron chi connectivity index (χ3n) is 2.58. The van der Waals surface area contributed by atoms with Gasteiger partial charge in [-0.25, -0.2) is 0 Å². The van der Waals surface area contributed by atoms with Crippen molar-refractivity contribution in [1.82, 2.24) is 9.78 Å². The largest absolute Gasteiger partial charge is 0.388 e. The Morgan fingerprint density at radius 3 is 2.92 bits per heavy atom. The fourth-order valence-electron chi connectivity index (χ4n) is 1.63. The molecule has 0 saturated heterocycles. The zero-order valence-corrected chi connectivity index (χ0v) is 7.07. The summed E-state index contributed by atoms with van der Waals surface area (Å²) in [5.74, 6) is 0. The van der Waals surface area contributed by atoms with Gasteiger partial charge in [0.05, 0.1) is 11.6 Å². The third-order valence-corrected chi connectivity index (χ3v) is 2.58. The van der Waals surface area contributed by atoms with Crippen LogP contribution in [0.2, 0.25) is 0 Å². The average Bonchev–Trinajstić information content (AvgIpc) is 2.34. The molecular formula is C8H11BN2O. The quantitative estimate of drug-likeness (QED) is 0.579. The van der Waals surface area contributed by atoms with Crippen LogP contribution in [0.4, 0.5) is 0 Å². The Hall–Kier alpha value is -0.765. The van der Waals surface area contributed by atoms with Crippen LogP contribution in [-0.4, -0.2) is 28.3 Å². The molecule has 2 atom stereocenters. The highest BCUT2D eigenvalue weighted by Crippen LogP contribution is 2.41. The molecule has 1 aromatic heterocycles. The molecule has 0 bridgehead atoms. The first-order chi connectivity index (χ1) is 5.59. The predicted molar refractivity (Wildman–Crippen MR) is 46.5 cm³/mol. The van der Waals surface area contributed by atoms with E-state index in [2.05, 4.69) is 5.10 Å². The van der Waals surface area contributed by atoms with Gasteiger partial charge in [0.2, 0.25) is 0 Å². The van der Waals surface area contributed by atoms with E-state index in [0.717, 1.165) is 12.8 Å². The van der Waals surface area contributed by atoms with Gasteiger partial charge in [-0.2, -0.15) is 5.10 Å². The molecule has 1 aliphatic carbocycles. The van der Waals surface area contributed by atoms with Gasteiger partial charge in [-0.15, -0.1) is 0 Å². The van der Waals surface area contributed by atoms with Crippen LogP contribution in [-0.2, 0) is 0 Å². The molecule has 3 nitrogen and oxygen atoms in total. The van der Waals surface area contributed by atoms with Gasteiger partial charge in [0.25, 0.3) is 0 Å². The Balaban J connectivity index is 2.21. The second-order valence-electron chi connectivity index (χ2n) is 3.67. The van der Waals surface area contributed by atoms with Gasteiger partial charge in [-0.1, -0.05) is 5.46 Å². The summed E-state index contributed by atoms with van der Waals surface area (Å²) < 4.78 is 1.75. The van der Waals surface area contributed by atoms with Gasteiger partial charge in [0.1, 0.15) is 7.85 Å². The fraction of sp³-hybridized carbons (Fsp3) is 0.625. The zero-order chi connectivity index (χ0) is 8.77. The summed E-state index contributed by atoms with van der Waals surface area (Å²) in [5.41, 5.74) is 0.0519. The standard InChI is InChI=1S/C8H11BN2O/c1-8(12)3-2-7(8)11-5-6(9)4-10-11/h4-5,7,12H,2-3H2,1H3. The number of hydrogen-bond acceptors (Lipinski definition) is 2. The van der Waals surface area contributed by atoms with E-state index in [1.54, 1.807) is 17.1 Å². The summed E-state index contributed by atoms with van der Waals surface area (Å²) in [5, 5.41) is 13.8. The monoisotopic (exact) mass is 162 g/mol. The fourth-order valence-corrected chi connectivity index (χ4v) is 1.63. The first-order valence-corrected chi connectivity index (χ1v) is 4.11. The Morgan fingerprint density at radius 1 is 1.83 bits per heavy atom. The highest BCUT2D eigenvalue weighted by atomic mass is 16.3. The highest BCUT2D eigenvalue weighted by molar-refractivity contribution is 6.31. The number of rotatable bonds is 1. The van der Waals surface area contributed by atoms with Crippen molar-refractivity contribution in [3.8, 4) is 0 Å². The summed E-state index contributed by atoms with van der Waals surface area (Å²) in [6, 6.07) is 0.106. The summed E-state index contributed by atoms with van der Waals surface area (Å²) >= 11 is 0. The molecule has 1 heterocycles. The smallest absolute Gasteiger partial charge is 0.118 e. The van der Waals surface area contributed by atoms with Crippen LogP contribution in [0.25, 0.3) is 0 Å². The van der Waals surface area contributed by atoms with Crippen LogP contribution >= 0.6 is 0 Å². The molecule has 4 heteroatoms. The molecule has 2 radical (unpaired) electrons. The predicted octanol–water partition coefficient (Wildman–Crippen LogP) is -0.237. The van der Waals surface area contributed by atoms with Gasteiger partial charge >= 0.3 is 0 Å². The van der Waals surface area contributed by atoms with Crippen LogP contribution in [0.15, 0.2) is 12.4 Å². The molecule has 0 aromatic carbocycles. The molecule has 2 unspecified atom stereocenters. The SMILES string of the molecule is [B]c1cnn(C2CCC2(C)O)c1. The lowest BCUT2D eigenvalue weighted by molar-refractivity contribution is -0.0737. The van der Waals surface area contributed by atoms with Crippen molar-refractivity contribution in [2.24, 2.45) is 0 Å². The van der Waals surface area contributed by atoms with E-state index in [0.29, 0.717) is 5.46 Å². The topological polar surface area (TPSA) is 38.0 Å². The maximum atomic E-state index is 9.73. The Bertz CT molecular complexity index is 295. The number of aliphatic hydroxyl groups is 1. The summed E-state index contributed by atoms with van der Waals surface area (Å²) in [6.45, 7) is 1.83. The van der Waals surface area contributed by atoms with Crippen molar-refractivity contribution in [1.29, 1.82) is 0 Å². The maximum Gasteiger partial charge on any atom is 0.118 e. The van der Waals surface area contributed by atoms with Crippen LogP contribution in [0.3, 0.4) is 0 Å². The Kier molecular flexibility index (Phi) is 1.55. The summed E-state index contributed by atoms with van der Waals surface area (Å²) in [6.07, 6.45) is 5.19. The lowest BCUT2D eigenvalue weighted by atomic mass is 9.76. The van der Waals surface area contributed by atoms with Gasteiger partial charge in [-0.05, 0) is 19.8 Å². The molecule has 2 rings (SSSR count). The number of aromatic nitrogens is 2. The van der Waals surface area contributed by atoms with Crippen molar-refractivity contribution in [2.45, 2.75) is 31.4 Å². The minimum Gasteiger partial charge on any atom is -0.388 e. The molecule has 0 aliphatic heterocycles. The second kappa shape index (κ2) is 2.36. The molecule has 0 spiro atoms. The van der Waals surface area contributed by atoms with Crippen LogP contribution < -0.4 is 5.46 Å². The zero-order valence-electron chi connectivity index (χ0n) is 7.07. The third kappa shape index (κ3) is 1.07. The van der Waals surface area contributed by atoms with Gasteiger partial charge < -0.3 is 5.11 Å². The van der Waals surface area contributed by atoms with Crippen LogP contribution in [0.1, 0.15) is 25.8 Å². The van der Waals surface area contributed by atoms with E-state index in [9.17, 15) is 5.11 Å². The minimum atomic E-state index is -0.599. The normalized spacial score (nSPS) is 34.7. The Morgan fingerprint density at radius 2 is 2.58 bits per heavy atom. The maximum absolute atomic E-state index is 9.73. The number of hydrogen-bond donors (Lipinski definition) is 1. The van der Waals surface area contributed by atoms with Crippen molar-refractivity contribution in [3.05, 3.63) is 12.4 Å². The molecule has 1 saturated carbocycles. The lowest BCUT2D eigenvalue weighted by Gasteiger charge is -2.42. The molecule has 1 aromatic rings. The van der Waals surface area contributed by atoms with E-state index in [1.807, 2.05) is 6.92 Å².